The van der Waals surface area contributed by atoms with Crippen molar-refractivity contribution in [1.82, 2.24) is 0 Å². The number of hydrogen-bond donors (Lipinski definition) is 1. The van der Waals surface area contributed by atoms with Gasteiger partial charge in [-0.2, -0.15) is 0 Å². The maximum absolute atomic E-state index is 13.1. The first-order chi connectivity index (χ1) is 15.9. The van der Waals surface area contributed by atoms with Gasteiger partial charge in [0.2, 0.25) is 0 Å². The predicted molar refractivity (Wildman–Crippen MR) is 123 cm³/mol. The largest absolute Gasteiger partial charge is 0.484 e. The van der Waals surface area contributed by atoms with Crippen LogP contribution in [0.4, 0.5) is 11.4 Å². The third-order valence-electron chi connectivity index (χ3n) is 5.22. The average Bonchev–Trinajstić information content (AvgIpc) is 3.28. The van der Waals surface area contributed by atoms with Crippen molar-refractivity contribution < 1.29 is 27.5 Å². The van der Waals surface area contributed by atoms with E-state index in [9.17, 15) is 18.0 Å². The maximum atomic E-state index is 13.1. The number of benzene rings is 3. The van der Waals surface area contributed by atoms with Gasteiger partial charge in [0.05, 0.1) is 23.3 Å². The number of para-hydroxylation sites is 1. The monoisotopic (exact) mass is 466 g/mol. The van der Waals surface area contributed by atoms with Gasteiger partial charge in [-0.25, -0.2) is 13.2 Å². The Morgan fingerprint density at radius 3 is 2.36 bits per heavy atom. The summed E-state index contributed by atoms with van der Waals surface area (Å²) in [7, 11) is -2.39. The third kappa shape index (κ3) is 4.83. The van der Waals surface area contributed by atoms with Crippen molar-refractivity contribution >= 4 is 33.3 Å². The van der Waals surface area contributed by atoms with E-state index in [1.165, 1.54) is 35.7 Å². The van der Waals surface area contributed by atoms with Crippen LogP contribution in [0.25, 0.3) is 0 Å². The van der Waals surface area contributed by atoms with Gasteiger partial charge in [-0.15, -0.1) is 0 Å². The molecule has 0 fully saturated rings. The van der Waals surface area contributed by atoms with Crippen LogP contribution in [-0.4, -0.2) is 40.6 Å². The van der Waals surface area contributed by atoms with Crippen molar-refractivity contribution in [3.05, 3.63) is 83.9 Å². The number of carbonyl (C=O) groups is 2. The number of anilines is 2. The van der Waals surface area contributed by atoms with Crippen molar-refractivity contribution in [1.29, 1.82) is 0 Å². The molecule has 170 valence electrons. The lowest BCUT2D eigenvalue weighted by Crippen LogP contribution is -2.29. The van der Waals surface area contributed by atoms with Crippen LogP contribution in [0.15, 0.2) is 77.7 Å². The van der Waals surface area contributed by atoms with Crippen LogP contribution >= 0.6 is 0 Å². The van der Waals surface area contributed by atoms with E-state index in [2.05, 4.69) is 10.1 Å². The summed E-state index contributed by atoms with van der Waals surface area (Å²) in [4.78, 5) is 23.8. The van der Waals surface area contributed by atoms with E-state index in [4.69, 9.17) is 4.74 Å². The van der Waals surface area contributed by atoms with Crippen molar-refractivity contribution in [3.63, 3.8) is 0 Å². The van der Waals surface area contributed by atoms with Crippen molar-refractivity contribution in [2.45, 2.75) is 11.3 Å². The molecule has 0 saturated carbocycles. The molecule has 1 amide bonds. The summed E-state index contributed by atoms with van der Waals surface area (Å²) in [6.07, 6.45) is 0.678. The smallest absolute Gasteiger partial charge is 0.337 e. The highest BCUT2D eigenvalue weighted by Gasteiger charge is 2.30. The van der Waals surface area contributed by atoms with Gasteiger partial charge in [0.15, 0.2) is 6.61 Å². The summed E-state index contributed by atoms with van der Waals surface area (Å²) < 4.78 is 37.6. The van der Waals surface area contributed by atoms with Gasteiger partial charge in [0.25, 0.3) is 15.9 Å². The number of rotatable bonds is 7. The number of esters is 1. The van der Waals surface area contributed by atoms with Crippen LogP contribution in [0, 0.1) is 0 Å². The molecule has 0 bridgehead atoms. The third-order valence-corrected chi connectivity index (χ3v) is 7.04. The number of nitrogens with one attached hydrogen (secondary N) is 1. The fourth-order valence-corrected chi connectivity index (χ4v) is 5.05. The van der Waals surface area contributed by atoms with Crippen molar-refractivity contribution in [2.24, 2.45) is 0 Å². The lowest BCUT2D eigenvalue weighted by atomic mass is 10.2. The topological polar surface area (TPSA) is 102 Å². The van der Waals surface area contributed by atoms with E-state index in [-0.39, 0.29) is 11.5 Å². The second kappa shape index (κ2) is 9.33. The molecule has 0 atom stereocenters. The highest BCUT2D eigenvalue weighted by atomic mass is 32.2. The van der Waals surface area contributed by atoms with Gasteiger partial charge in [-0.1, -0.05) is 18.2 Å². The van der Waals surface area contributed by atoms with Gasteiger partial charge in [-0.05, 0) is 66.6 Å². The molecule has 4 rings (SSSR count). The van der Waals surface area contributed by atoms with Crippen LogP contribution in [0.1, 0.15) is 15.9 Å². The first-order valence-electron chi connectivity index (χ1n) is 10.2. The highest BCUT2D eigenvalue weighted by molar-refractivity contribution is 7.92. The normalized spacial score (nSPS) is 12.7. The van der Waals surface area contributed by atoms with Crippen LogP contribution in [-0.2, 0) is 26.0 Å². The minimum Gasteiger partial charge on any atom is -0.484 e. The summed E-state index contributed by atoms with van der Waals surface area (Å²) in [6.45, 7) is 0.144. The molecule has 1 aliphatic heterocycles. The van der Waals surface area contributed by atoms with Crippen LogP contribution in [0.5, 0.6) is 5.75 Å². The molecule has 0 saturated heterocycles. The molecule has 1 aliphatic rings. The van der Waals surface area contributed by atoms with E-state index in [0.717, 1.165) is 5.56 Å². The van der Waals surface area contributed by atoms with E-state index in [1.54, 1.807) is 30.3 Å². The van der Waals surface area contributed by atoms with Crippen LogP contribution < -0.4 is 14.4 Å². The lowest BCUT2D eigenvalue weighted by molar-refractivity contribution is -0.118. The Kier molecular flexibility index (Phi) is 6.32. The molecule has 3 aromatic rings. The molecule has 0 spiro atoms. The van der Waals surface area contributed by atoms with E-state index < -0.39 is 21.9 Å². The van der Waals surface area contributed by atoms with Gasteiger partial charge >= 0.3 is 5.97 Å². The number of hydrogen-bond acceptors (Lipinski definition) is 6. The highest BCUT2D eigenvalue weighted by Crippen LogP contribution is 2.33. The first kappa shape index (κ1) is 22.3. The second-order valence-corrected chi connectivity index (χ2v) is 9.20. The Hall–Kier alpha value is -3.85. The number of nitrogens with zero attached hydrogens (tertiary/aromatic N) is 1. The standard InChI is InChI=1S/C24H22N2O6S/c1-31-24(28)18-6-8-19(9-7-18)25-23(27)16-32-20-10-12-21(13-11-20)33(29,30)26-15-14-17-4-2-3-5-22(17)26/h2-13H,14-16H2,1H3,(H,25,27). The molecule has 1 N–H and O–H groups in total. The van der Waals surface area contributed by atoms with Gasteiger partial charge in [0, 0.05) is 12.2 Å². The zero-order valence-corrected chi connectivity index (χ0v) is 18.7. The maximum Gasteiger partial charge on any atom is 0.337 e. The molecule has 3 aromatic carbocycles. The number of fused-ring (bicyclic) bond motifs is 1. The number of carbonyl (C=O) groups excluding carboxylic acids is 2. The molecule has 0 aliphatic carbocycles. The lowest BCUT2D eigenvalue weighted by Gasteiger charge is -2.19. The number of ether oxygens (including phenoxy) is 2. The second-order valence-electron chi connectivity index (χ2n) is 7.33. The Balaban J connectivity index is 1.35. The summed E-state index contributed by atoms with van der Waals surface area (Å²) >= 11 is 0. The van der Waals surface area contributed by atoms with Gasteiger partial charge in [0.1, 0.15) is 5.75 Å². The number of methoxy groups -OCH3 is 1. The zero-order chi connectivity index (χ0) is 23.4. The summed E-state index contributed by atoms with van der Waals surface area (Å²) in [5.74, 6) is -0.492. The first-order valence-corrected chi connectivity index (χ1v) is 11.6. The number of amides is 1. The zero-order valence-electron chi connectivity index (χ0n) is 17.9. The molecule has 8 nitrogen and oxygen atoms in total. The molecule has 0 radical (unpaired) electrons. The fourth-order valence-electron chi connectivity index (χ4n) is 3.55. The van der Waals surface area contributed by atoms with E-state index in [1.807, 2.05) is 18.2 Å². The molecular weight excluding hydrogens is 444 g/mol. The quantitative estimate of drug-likeness (QED) is 0.537. The van der Waals surface area contributed by atoms with Crippen LogP contribution in [0.3, 0.4) is 0 Å². The van der Waals surface area contributed by atoms with Gasteiger partial charge in [-0.3, -0.25) is 9.10 Å². The Morgan fingerprint density at radius 2 is 1.67 bits per heavy atom. The predicted octanol–water partition coefficient (Wildman–Crippen LogP) is 3.24. The molecule has 9 heteroatoms. The SMILES string of the molecule is COC(=O)c1ccc(NC(=O)COc2ccc(S(=O)(=O)N3CCc4ccccc43)cc2)cc1. The summed E-state index contributed by atoms with van der Waals surface area (Å²) in [6, 6.07) is 19.7. The summed E-state index contributed by atoms with van der Waals surface area (Å²) in [5, 5.41) is 2.66. The molecule has 0 unspecified atom stereocenters. The Morgan fingerprint density at radius 1 is 0.970 bits per heavy atom. The minimum absolute atomic E-state index is 0.154. The Labute approximate surface area is 191 Å². The Bertz CT molecular complexity index is 1270. The van der Waals surface area contributed by atoms with Gasteiger partial charge < -0.3 is 14.8 Å². The molecular formula is C24H22N2O6S. The van der Waals surface area contributed by atoms with E-state index in [0.29, 0.717) is 35.7 Å². The molecule has 1 heterocycles. The minimum atomic E-state index is -3.69. The van der Waals surface area contributed by atoms with Crippen LogP contribution in [0.2, 0.25) is 0 Å². The molecule has 0 aromatic heterocycles. The average molecular weight is 467 g/mol. The molecule has 33 heavy (non-hydrogen) atoms. The van der Waals surface area contributed by atoms with Crippen molar-refractivity contribution in [2.75, 3.05) is 29.9 Å². The number of sulfonamides is 1. The van der Waals surface area contributed by atoms with Crippen molar-refractivity contribution in [3.8, 4) is 5.75 Å². The summed E-state index contributed by atoms with van der Waals surface area (Å²) in [5.41, 5.74) is 2.59. The fraction of sp³-hybridized carbons (Fsp3) is 0.167. The van der Waals surface area contributed by atoms with E-state index >= 15 is 0 Å².